The molecule has 0 bridgehead atoms. The highest BCUT2D eigenvalue weighted by Gasteiger charge is 2.47. The largest absolute Gasteiger partial charge is 0.438 e. The van der Waals surface area contributed by atoms with Crippen molar-refractivity contribution in [3.05, 3.63) is 65.2 Å². The van der Waals surface area contributed by atoms with E-state index in [1.807, 2.05) is 31.2 Å². The zero-order chi connectivity index (χ0) is 23.1. The summed E-state index contributed by atoms with van der Waals surface area (Å²) in [4.78, 5) is 39.1. The molecule has 0 spiro atoms. The fourth-order valence-corrected chi connectivity index (χ4v) is 3.52. The second kappa shape index (κ2) is 10.8. The summed E-state index contributed by atoms with van der Waals surface area (Å²) in [5.41, 5.74) is 3.22. The molecule has 3 rings (SSSR count). The van der Waals surface area contributed by atoms with Gasteiger partial charge in [0.1, 0.15) is 0 Å². The molecule has 170 valence electrons. The number of nitrogens with zero attached hydrogens (tertiary/aromatic N) is 1. The van der Waals surface area contributed by atoms with E-state index in [4.69, 9.17) is 9.47 Å². The van der Waals surface area contributed by atoms with Crippen molar-refractivity contribution in [3.63, 3.8) is 0 Å². The summed E-state index contributed by atoms with van der Waals surface area (Å²) < 4.78 is 10.7. The molecule has 0 aromatic heterocycles. The topological polar surface area (TPSA) is 97.0 Å². The molecular formula is C24H29N3O5. The van der Waals surface area contributed by atoms with Crippen LogP contribution in [0.15, 0.2) is 48.5 Å². The van der Waals surface area contributed by atoms with Gasteiger partial charge in [0.15, 0.2) is 12.1 Å². The van der Waals surface area contributed by atoms with Crippen LogP contribution in [0.25, 0.3) is 0 Å². The molecule has 1 saturated heterocycles. The van der Waals surface area contributed by atoms with Crippen molar-refractivity contribution in [1.82, 2.24) is 10.2 Å². The van der Waals surface area contributed by atoms with E-state index in [-0.39, 0.29) is 18.4 Å². The van der Waals surface area contributed by atoms with E-state index in [1.54, 1.807) is 38.3 Å². The Bertz CT molecular complexity index is 960. The Morgan fingerprint density at radius 3 is 2.59 bits per heavy atom. The number of cyclic esters (lactones) is 1. The average molecular weight is 440 g/mol. The molecular weight excluding hydrogens is 410 g/mol. The highest BCUT2D eigenvalue weighted by atomic mass is 16.6. The second-order valence-electron chi connectivity index (χ2n) is 7.67. The first kappa shape index (κ1) is 23.3. The number of nitrogens with one attached hydrogen (secondary N) is 2. The second-order valence-corrected chi connectivity index (χ2v) is 7.67. The van der Waals surface area contributed by atoms with E-state index < -0.39 is 18.2 Å². The van der Waals surface area contributed by atoms with Crippen LogP contribution in [0.2, 0.25) is 0 Å². The molecule has 2 N–H and O–H groups in total. The molecule has 1 aliphatic rings. The van der Waals surface area contributed by atoms with E-state index >= 15 is 0 Å². The lowest BCUT2D eigenvalue weighted by molar-refractivity contribution is -0.126. The van der Waals surface area contributed by atoms with Crippen molar-refractivity contribution in [1.29, 1.82) is 0 Å². The van der Waals surface area contributed by atoms with Gasteiger partial charge in [0.25, 0.3) is 0 Å². The van der Waals surface area contributed by atoms with Crippen LogP contribution in [0.3, 0.4) is 0 Å². The highest BCUT2D eigenvalue weighted by Crippen LogP contribution is 2.35. The van der Waals surface area contributed by atoms with Crippen molar-refractivity contribution in [3.8, 4) is 0 Å². The van der Waals surface area contributed by atoms with Crippen LogP contribution < -0.4 is 10.6 Å². The van der Waals surface area contributed by atoms with E-state index in [0.29, 0.717) is 30.8 Å². The Kier molecular flexibility index (Phi) is 7.83. The lowest BCUT2D eigenvalue weighted by Gasteiger charge is -2.24. The number of benzene rings is 2. The molecule has 32 heavy (non-hydrogen) atoms. The molecule has 1 aliphatic heterocycles. The fourth-order valence-electron chi connectivity index (χ4n) is 3.52. The van der Waals surface area contributed by atoms with Gasteiger partial charge in [-0.1, -0.05) is 48.9 Å². The molecule has 0 unspecified atom stereocenters. The average Bonchev–Trinajstić information content (AvgIpc) is 3.11. The van der Waals surface area contributed by atoms with Crippen LogP contribution in [0.4, 0.5) is 10.5 Å². The van der Waals surface area contributed by atoms with Crippen molar-refractivity contribution in [2.24, 2.45) is 0 Å². The zero-order valence-corrected chi connectivity index (χ0v) is 18.6. The number of carbonyl (C=O) groups excluding carboxylic acids is 3. The minimum Gasteiger partial charge on any atom is -0.438 e. The zero-order valence-electron chi connectivity index (χ0n) is 18.6. The number of hydrogen-bond acceptors (Lipinski definition) is 5. The van der Waals surface area contributed by atoms with Gasteiger partial charge >= 0.3 is 6.09 Å². The third-order valence-corrected chi connectivity index (χ3v) is 5.25. The Labute approximate surface area is 187 Å². The van der Waals surface area contributed by atoms with Crippen LogP contribution in [-0.4, -0.2) is 49.1 Å². The van der Waals surface area contributed by atoms with Crippen LogP contribution in [0, 0.1) is 6.92 Å². The van der Waals surface area contributed by atoms with Crippen molar-refractivity contribution < 1.29 is 23.9 Å². The van der Waals surface area contributed by atoms with Crippen LogP contribution in [0.1, 0.15) is 36.1 Å². The van der Waals surface area contributed by atoms with Gasteiger partial charge in [-0.15, -0.1) is 0 Å². The Morgan fingerprint density at radius 1 is 1.16 bits per heavy atom. The predicted octanol–water partition coefficient (Wildman–Crippen LogP) is 3.17. The third kappa shape index (κ3) is 5.64. The molecule has 2 aromatic carbocycles. The fraction of sp³-hybridized carbons (Fsp3) is 0.375. The lowest BCUT2D eigenvalue weighted by atomic mass is 10.00. The maximum absolute atomic E-state index is 13.1. The van der Waals surface area contributed by atoms with Crippen molar-refractivity contribution >= 4 is 23.6 Å². The predicted molar refractivity (Wildman–Crippen MR) is 120 cm³/mol. The molecule has 2 atom stereocenters. The van der Waals surface area contributed by atoms with Gasteiger partial charge < -0.3 is 20.1 Å². The molecule has 8 nitrogen and oxygen atoms in total. The molecule has 8 heteroatoms. The Balaban J connectivity index is 1.89. The quantitative estimate of drug-likeness (QED) is 0.585. The van der Waals surface area contributed by atoms with Gasteiger partial charge in [-0.2, -0.15) is 0 Å². The molecule has 1 heterocycles. The summed E-state index contributed by atoms with van der Waals surface area (Å²) in [5.74, 6) is -0.451. The van der Waals surface area contributed by atoms with E-state index in [9.17, 15) is 14.4 Å². The number of amides is 3. The van der Waals surface area contributed by atoms with Crippen molar-refractivity contribution in [2.75, 3.05) is 25.6 Å². The van der Waals surface area contributed by atoms with Gasteiger partial charge in [-0.3, -0.25) is 14.5 Å². The maximum atomic E-state index is 13.1. The van der Waals surface area contributed by atoms with E-state index in [0.717, 1.165) is 11.1 Å². The maximum Gasteiger partial charge on any atom is 0.411 e. The van der Waals surface area contributed by atoms with Gasteiger partial charge in [-0.25, -0.2) is 4.79 Å². The Morgan fingerprint density at radius 2 is 1.91 bits per heavy atom. The highest BCUT2D eigenvalue weighted by molar-refractivity contribution is 5.91. The monoisotopic (exact) mass is 439 g/mol. The first-order chi connectivity index (χ1) is 15.4. The number of ether oxygens (including phenoxy) is 2. The minimum atomic E-state index is -0.863. The van der Waals surface area contributed by atoms with Gasteiger partial charge in [0.05, 0.1) is 13.2 Å². The number of hydrogen-bond donors (Lipinski definition) is 2. The summed E-state index contributed by atoms with van der Waals surface area (Å²) in [6.45, 7) is 4.66. The van der Waals surface area contributed by atoms with Gasteiger partial charge in [0, 0.05) is 25.8 Å². The molecule has 1 fully saturated rings. The number of carbonyl (C=O) groups is 3. The molecule has 0 radical (unpaired) electrons. The summed E-state index contributed by atoms with van der Waals surface area (Å²) in [7, 11) is 1.55. The standard InChI is InChI=1S/C24H29N3O5/c1-4-20(28)26-19-7-5-6-18(14-19)22-21(23(29)25-12-13-31-3)27(24(30)32-22)15-17-10-8-16(2)9-11-17/h5-11,14,21-22H,4,12-13,15H2,1-3H3,(H,25,29)(H,26,28)/t21-,22+/m1/s1. The van der Waals surface area contributed by atoms with Gasteiger partial charge in [0.2, 0.25) is 11.8 Å². The van der Waals surface area contributed by atoms with Crippen LogP contribution in [0.5, 0.6) is 0 Å². The van der Waals surface area contributed by atoms with E-state index in [1.165, 1.54) is 4.90 Å². The molecule has 2 aromatic rings. The van der Waals surface area contributed by atoms with Gasteiger partial charge in [-0.05, 0) is 30.2 Å². The summed E-state index contributed by atoms with van der Waals surface area (Å²) in [6, 6.07) is 13.9. The molecule has 0 aliphatic carbocycles. The van der Waals surface area contributed by atoms with Crippen molar-refractivity contribution in [2.45, 2.75) is 39.0 Å². The Hall–Kier alpha value is -3.39. The number of anilines is 1. The lowest BCUT2D eigenvalue weighted by Crippen LogP contribution is -2.47. The normalized spacial score (nSPS) is 17.7. The molecule has 3 amide bonds. The first-order valence-electron chi connectivity index (χ1n) is 10.6. The smallest absolute Gasteiger partial charge is 0.411 e. The summed E-state index contributed by atoms with van der Waals surface area (Å²) in [5, 5.41) is 5.62. The van der Waals surface area contributed by atoms with Crippen LogP contribution in [-0.2, 0) is 25.6 Å². The minimum absolute atomic E-state index is 0.125. The van der Waals surface area contributed by atoms with Crippen LogP contribution >= 0.6 is 0 Å². The SMILES string of the molecule is CCC(=O)Nc1cccc([C@@H]2OC(=O)N(Cc3ccc(C)cc3)[C@H]2C(=O)NCCOC)c1. The summed E-state index contributed by atoms with van der Waals surface area (Å²) >= 11 is 0. The third-order valence-electron chi connectivity index (χ3n) is 5.25. The number of aryl methyl sites for hydroxylation is 1. The van der Waals surface area contributed by atoms with E-state index in [2.05, 4.69) is 10.6 Å². The summed E-state index contributed by atoms with van der Waals surface area (Å²) in [6.07, 6.45) is -1.03. The number of rotatable bonds is 9. The first-order valence-corrected chi connectivity index (χ1v) is 10.6. The molecule has 0 saturated carbocycles. The number of methoxy groups -OCH3 is 1.